The van der Waals surface area contributed by atoms with Gasteiger partial charge in [-0.3, -0.25) is 4.79 Å². The van der Waals surface area contributed by atoms with Crippen molar-refractivity contribution in [1.82, 2.24) is 10.2 Å². The van der Waals surface area contributed by atoms with Crippen LogP contribution in [-0.4, -0.2) is 62.3 Å². The number of para-hydroxylation sites is 1. The van der Waals surface area contributed by atoms with Crippen LogP contribution in [0.2, 0.25) is 0 Å². The van der Waals surface area contributed by atoms with Crippen LogP contribution in [0.4, 0.5) is 18.9 Å². The van der Waals surface area contributed by atoms with E-state index in [0.29, 0.717) is 44.7 Å². The van der Waals surface area contributed by atoms with Gasteiger partial charge in [0.05, 0.1) is 5.56 Å². The number of amides is 1. The van der Waals surface area contributed by atoms with Gasteiger partial charge in [0.2, 0.25) is 5.91 Å². The van der Waals surface area contributed by atoms with Crippen LogP contribution in [0.25, 0.3) is 0 Å². The zero-order valence-corrected chi connectivity index (χ0v) is 17.6. The number of ether oxygens (including phenoxy) is 1. The number of nitrogens with one attached hydrogen (secondary N) is 1. The van der Waals surface area contributed by atoms with E-state index in [1.165, 1.54) is 12.1 Å². The van der Waals surface area contributed by atoms with Crippen LogP contribution in [0, 0.1) is 0 Å². The summed E-state index contributed by atoms with van der Waals surface area (Å²) in [5.41, 5.74) is -0.418. The highest BCUT2D eigenvalue weighted by atomic mass is 19.4. The first-order valence-electron chi connectivity index (χ1n) is 10.9. The van der Waals surface area contributed by atoms with E-state index >= 15 is 0 Å². The van der Waals surface area contributed by atoms with Crippen LogP contribution in [0.15, 0.2) is 24.3 Å². The van der Waals surface area contributed by atoms with Gasteiger partial charge in [-0.2, -0.15) is 13.2 Å². The Labute approximate surface area is 176 Å². The molecule has 0 radical (unpaired) electrons. The van der Waals surface area contributed by atoms with Gasteiger partial charge >= 0.3 is 6.18 Å². The van der Waals surface area contributed by atoms with Crippen LogP contribution in [0.1, 0.15) is 44.6 Å². The molecule has 1 unspecified atom stereocenters. The second-order valence-corrected chi connectivity index (χ2v) is 8.08. The average Bonchev–Trinajstić information content (AvgIpc) is 2.76. The molecule has 0 spiro atoms. The summed E-state index contributed by atoms with van der Waals surface area (Å²) in [5, 5.41) is 3.65. The molecule has 0 bridgehead atoms. The van der Waals surface area contributed by atoms with Crippen LogP contribution >= 0.6 is 0 Å². The smallest absolute Gasteiger partial charge is 0.381 e. The molecular weight excluding hydrogens is 395 g/mol. The molecule has 2 fully saturated rings. The van der Waals surface area contributed by atoms with Gasteiger partial charge in [0, 0.05) is 63.6 Å². The van der Waals surface area contributed by atoms with Crippen LogP contribution in [0.5, 0.6) is 0 Å². The third-order valence-electron chi connectivity index (χ3n) is 6.07. The number of hydrogen-bond acceptors (Lipinski definition) is 4. The molecule has 30 heavy (non-hydrogen) atoms. The maximum absolute atomic E-state index is 13.3. The lowest BCUT2D eigenvalue weighted by molar-refractivity contribution is -0.137. The summed E-state index contributed by atoms with van der Waals surface area (Å²) in [6, 6.07) is 6.41. The van der Waals surface area contributed by atoms with Gasteiger partial charge in [-0.15, -0.1) is 0 Å². The summed E-state index contributed by atoms with van der Waals surface area (Å²) >= 11 is 0. The van der Waals surface area contributed by atoms with Gasteiger partial charge in [-0.05, 0) is 37.8 Å². The summed E-state index contributed by atoms with van der Waals surface area (Å²) in [7, 11) is 0. The normalized spacial score (nSPS) is 19.7. The number of benzene rings is 1. The van der Waals surface area contributed by atoms with Crippen molar-refractivity contribution >= 4 is 11.6 Å². The number of nitrogens with zero attached hydrogens (tertiary/aromatic N) is 2. The lowest BCUT2D eigenvalue weighted by Crippen LogP contribution is -2.49. The van der Waals surface area contributed by atoms with Crippen molar-refractivity contribution in [3.05, 3.63) is 29.8 Å². The van der Waals surface area contributed by atoms with Crippen molar-refractivity contribution < 1.29 is 22.7 Å². The molecular formula is C22H32F3N3O2. The quantitative estimate of drug-likeness (QED) is 0.721. The van der Waals surface area contributed by atoms with E-state index in [0.717, 1.165) is 45.0 Å². The lowest BCUT2D eigenvalue weighted by Gasteiger charge is -2.37. The van der Waals surface area contributed by atoms with Gasteiger partial charge in [0.15, 0.2) is 0 Å². The minimum absolute atomic E-state index is 0.0889. The SMILES string of the molecule is CCC(CCC(=O)N1CCN(c2ccccc2C(F)(F)F)CC1)NC1CCOCC1. The third kappa shape index (κ3) is 6.11. The lowest BCUT2D eigenvalue weighted by atomic mass is 10.0. The maximum Gasteiger partial charge on any atom is 0.418 e. The van der Waals surface area contributed by atoms with Crippen LogP contribution < -0.4 is 10.2 Å². The Kier molecular flexibility index (Phi) is 7.99. The fourth-order valence-electron chi connectivity index (χ4n) is 4.24. The van der Waals surface area contributed by atoms with Gasteiger partial charge in [-0.25, -0.2) is 0 Å². The highest BCUT2D eigenvalue weighted by molar-refractivity contribution is 5.76. The number of carbonyl (C=O) groups is 1. The summed E-state index contributed by atoms with van der Waals surface area (Å²) in [6.07, 6.45) is -0.155. The summed E-state index contributed by atoms with van der Waals surface area (Å²) in [4.78, 5) is 16.2. The van der Waals surface area contributed by atoms with Gasteiger partial charge in [0.25, 0.3) is 0 Å². The second kappa shape index (κ2) is 10.5. The predicted octanol–water partition coefficient (Wildman–Crippen LogP) is 3.68. The Morgan fingerprint density at radius 3 is 2.47 bits per heavy atom. The first-order chi connectivity index (χ1) is 14.4. The molecule has 0 saturated carbocycles. The summed E-state index contributed by atoms with van der Waals surface area (Å²) < 4.78 is 45.2. The van der Waals surface area contributed by atoms with Crippen molar-refractivity contribution in [2.75, 3.05) is 44.3 Å². The number of rotatable bonds is 7. The zero-order valence-electron chi connectivity index (χ0n) is 17.6. The summed E-state index contributed by atoms with van der Waals surface area (Å²) in [6.45, 7) is 5.43. The fourth-order valence-corrected chi connectivity index (χ4v) is 4.24. The molecule has 8 heteroatoms. The zero-order chi connectivity index (χ0) is 21.6. The summed E-state index contributed by atoms with van der Waals surface area (Å²) in [5.74, 6) is 0.0889. The molecule has 2 aliphatic rings. The van der Waals surface area contributed by atoms with E-state index in [1.54, 1.807) is 15.9 Å². The second-order valence-electron chi connectivity index (χ2n) is 8.08. The largest absolute Gasteiger partial charge is 0.418 e. The highest BCUT2D eigenvalue weighted by Crippen LogP contribution is 2.36. The van der Waals surface area contributed by atoms with E-state index in [2.05, 4.69) is 12.2 Å². The monoisotopic (exact) mass is 427 g/mol. The molecule has 2 heterocycles. The van der Waals surface area contributed by atoms with Gasteiger partial charge in [-0.1, -0.05) is 19.1 Å². The van der Waals surface area contributed by atoms with Crippen LogP contribution in [-0.2, 0) is 15.7 Å². The third-order valence-corrected chi connectivity index (χ3v) is 6.07. The van der Waals surface area contributed by atoms with Gasteiger partial charge < -0.3 is 19.9 Å². The molecule has 2 aliphatic heterocycles. The standard InChI is InChI=1S/C22H32F3N3O2/c1-2-17(26-18-9-15-30-16-10-18)7-8-21(29)28-13-11-27(12-14-28)20-6-4-3-5-19(20)22(23,24)25/h3-6,17-18,26H,2,7-16H2,1H3. The van der Waals surface area contributed by atoms with Crippen molar-refractivity contribution in [2.24, 2.45) is 0 Å². The van der Waals surface area contributed by atoms with E-state index in [1.807, 2.05) is 0 Å². The van der Waals surface area contributed by atoms with E-state index in [9.17, 15) is 18.0 Å². The molecule has 0 aromatic heterocycles. The van der Waals surface area contributed by atoms with Crippen molar-refractivity contribution in [1.29, 1.82) is 0 Å². The number of carbonyl (C=O) groups excluding carboxylic acids is 1. The minimum Gasteiger partial charge on any atom is -0.381 e. The average molecular weight is 428 g/mol. The van der Waals surface area contributed by atoms with Gasteiger partial charge in [0.1, 0.15) is 0 Å². The molecule has 5 nitrogen and oxygen atoms in total. The molecule has 1 amide bonds. The molecule has 1 aromatic carbocycles. The predicted molar refractivity (Wildman–Crippen MR) is 111 cm³/mol. The van der Waals surface area contributed by atoms with Crippen molar-refractivity contribution in [3.63, 3.8) is 0 Å². The fraction of sp³-hybridized carbons (Fsp3) is 0.682. The van der Waals surface area contributed by atoms with E-state index < -0.39 is 11.7 Å². The molecule has 1 N–H and O–H groups in total. The van der Waals surface area contributed by atoms with Crippen LogP contribution in [0.3, 0.4) is 0 Å². The molecule has 3 rings (SSSR count). The van der Waals surface area contributed by atoms with E-state index in [4.69, 9.17) is 4.74 Å². The molecule has 168 valence electrons. The molecule has 1 aromatic rings. The Bertz CT molecular complexity index is 684. The first kappa shape index (κ1) is 22.9. The minimum atomic E-state index is -4.38. The first-order valence-corrected chi connectivity index (χ1v) is 10.9. The molecule has 0 aliphatic carbocycles. The number of piperazine rings is 1. The Hall–Kier alpha value is -1.80. The number of halogens is 3. The maximum atomic E-state index is 13.3. The number of hydrogen-bond donors (Lipinski definition) is 1. The van der Waals surface area contributed by atoms with Crippen molar-refractivity contribution in [2.45, 2.75) is 57.3 Å². The molecule has 1 atom stereocenters. The molecule has 2 saturated heterocycles. The Balaban J connectivity index is 1.47. The number of alkyl halides is 3. The number of anilines is 1. The Morgan fingerprint density at radius 2 is 1.83 bits per heavy atom. The van der Waals surface area contributed by atoms with E-state index in [-0.39, 0.29) is 11.6 Å². The highest BCUT2D eigenvalue weighted by Gasteiger charge is 2.35. The topological polar surface area (TPSA) is 44.8 Å². The van der Waals surface area contributed by atoms with Crippen molar-refractivity contribution in [3.8, 4) is 0 Å². The Morgan fingerprint density at radius 1 is 1.17 bits per heavy atom.